The van der Waals surface area contributed by atoms with Gasteiger partial charge in [-0.25, -0.2) is 4.39 Å². The Bertz CT molecular complexity index is 664. The van der Waals surface area contributed by atoms with Crippen LogP contribution in [0.15, 0.2) is 36.5 Å². The number of hydrogen-bond acceptors (Lipinski definition) is 2. The molecule has 2 aliphatic rings. The Morgan fingerprint density at radius 2 is 2.10 bits per heavy atom. The third kappa shape index (κ3) is 2.58. The standard InChI is InChI=1S/C18H19FN2/c19-17-10-13(3-4-14(17)11-21-15-6-7-15)16-8-5-12-2-1-9-20-18(12)16/h1-4,9-10,15-16,21H,5-8,11H2. The Balaban J connectivity index is 1.57. The van der Waals surface area contributed by atoms with Gasteiger partial charge in [0.15, 0.2) is 0 Å². The molecule has 0 spiro atoms. The van der Waals surface area contributed by atoms with Gasteiger partial charge in [0.05, 0.1) is 5.69 Å². The lowest BCUT2D eigenvalue weighted by Crippen LogP contribution is -2.16. The van der Waals surface area contributed by atoms with Gasteiger partial charge in [-0.1, -0.05) is 18.2 Å². The molecule has 0 saturated heterocycles. The SMILES string of the molecule is Fc1cc(C2CCc3cccnc32)ccc1CNC1CC1. The highest BCUT2D eigenvalue weighted by Gasteiger charge is 2.26. The molecule has 108 valence electrons. The van der Waals surface area contributed by atoms with Gasteiger partial charge < -0.3 is 5.32 Å². The largest absolute Gasteiger partial charge is 0.310 e. The first-order valence-corrected chi connectivity index (χ1v) is 7.77. The maximum atomic E-state index is 14.3. The molecule has 1 aromatic carbocycles. The van der Waals surface area contributed by atoms with Gasteiger partial charge in [0.25, 0.3) is 0 Å². The van der Waals surface area contributed by atoms with Crippen LogP contribution in [0.3, 0.4) is 0 Å². The van der Waals surface area contributed by atoms with E-state index in [0.717, 1.165) is 29.7 Å². The predicted octanol–water partition coefficient (Wildman–Crippen LogP) is 3.55. The molecule has 0 amide bonds. The first-order valence-electron chi connectivity index (χ1n) is 7.77. The number of nitrogens with one attached hydrogen (secondary N) is 1. The second-order valence-corrected chi connectivity index (χ2v) is 6.15. The van der Waals surface area contributed by atoms with E-state index >= 15 is 0 Å². The Morgan fingerprint density at radius 1 is 1.19 bits per heavy atom. The second kappa shape index (κ2) is 5.23. The number of aryl methyl sites for hydroxylation is 1. The molecule has 2 nitrogen and oxygen atoms in total. The summed E-state index contributed by atoms with van der Waals surface area (Å²) in [6.07, 6.45) is 6.36. The lowest BCUT2D eigenvalue weighted by atomic mass is 9.95. The van der Waals surface area contributed by atoms with E-state index in [-0.39, 0.29) is 11.7 Å². The van der Waals surface area contributed by atoms with Crippen LogP contribution in [0.25, 0.3) is 0 Å². The number of hydrogen-bond donors (Lipinski definition) is 1. The average Bonchev–Trinajstić information content (AvgIpc) is 3.23. The summed E-state index contributed by atoms with van der Waals surface area (Å²) in [5, 5.41) is 3.37. The number of aromatic nitrogens is 1. The van der Waals surface area contributed by atoms with Crippen LogP contribution in [0.4, 0.5) is 4.39 Å². The smallest absolute Gasteiger partial charge is 0.127 e. The van der Waals surface area contributed by atoms with Crippen molar-refractivity contribution >= 4 is 0 Å². The molecule has 1 aromatic heterocycles. The van der Waals surface area contributed by atoms with Gasteiger partial charge in [0.2, 0.25) is 0 Å². The van der Waals surface area contributed by atoms with Crippen molar-refractivity contribution in [2.45, 2.75) is 44.2 Å². The molecule has 21 heavy (non-hydrogen) atoms. The summed E-state index contributed by atoms with van der Waals surface area (Å²) in [6, 6.07) is 10.4. The normalized spacial score (nSPS) is 20.5. The van der Waals surface area contributed by atoms with Crippen molar-refractivity contribution in [2.75, 3.05) is 0 Å². The van der Waals surface area contributed by atoms with Crippen LogP contribution in [0.5, 0.6) is 0 Å². The van der Waals surface area contributed by atoms with Crippen molar-refractivity contribution in [3.63, 3.8) is 0 Å². The number of pyridine rings is 1. The molecular weight excluding hydrogens is 263 g/mol. The molecule has 1 fully saturated rings. The second-order valence-electron chi connectivity index (χ2n) is 6.15. The van der Waals surface area contributed by atoms with Crippen LogP contribution in [-0.2, 0) is 13.0 Å². The summed E-state index contributed by atoms with van der Waals surface area (Å²) in [6.45, 7) is 0.635. The van der Waals surface area contributed by atoms with E-state index < -0.39 is 0 Å². The zero-order valence-electron chi connectivity index (χ0n) is 12.0. The van der Waals surface area contributed by atoms with Gasteiger partial charge >= 0.3 is 0 Å². The fourth-order valence-electron chi connectivity index (χ4n) is 3.20. The van der Waals surface area contributed by atoms with E-state index in [4.69, 9.17) is 0 Å². The van der Waals surface area contributed by atoms with Crippen molar-refractivity contribution in [2.24, 2.45) is 0 Å². The van der Waals surface area contributed by atoms with Gasteiger partial charge in [0.1, 0.15) is 5.82 Å². The minimum Gasteiger partial charge on any atom is -0.310 e. The summed E-state index contributed by atoms with van der Waals surface area (Å²) < 4.78 is 14.3. The number of halogens is 1. The molecule has 1 N–H and O–H groups in total. The van der Waals surface area contributed by atoms with Crippen LogP contribution in [0.2, 0.25) is 0 Å². The van der Waals surface area contributed by atoms with Gasteiger partial charge in [-0.15, -0.1) is 0 Å². The summed E-state index contributed by atoms with van der Waals surface area (Å²) in [5.41, 5.74) is 4.26. The monoisotopic (exact) mass is 282 g/mol. The quantitative estimate of drug-likeness (QED) is 0.927. The topological polar surface area (TPSA) is 24.9 Å². The number of rotatable bonds is 4. The van der Waals surface area contributed by atoms with Crippen molar-refractivity contribution in [1.82, 2.24) is 10.3 Å². The molecule has 1 unspecified atom stereocenters. The average molecular weight is 282 g/mol. The van der Waals surface area contributed by atoms with E-state index in [1.807, 2.05) is 18.3 Å². The summed E-state index contributed by atoms with van der Waals surface area (Å²) in [5.74, 6) is 0.158. The summed E-state index contributed by atoms with van der Waals surface area (Å²) in [4.78, 5) is 4.50. The van der Waals surface area contributed by atoms with Crippen LogP contribution >= 0.6 is 0 Å². The first kappa shape index (κ1) is 13.0. The minimum absolute atomic E-state index is 0.0926. The van der Waals surface area contributed by atoms with Crippen molar-refractivity contribution in [3.05, 3.63) is 64.7 Å². The third-order valence-corrected chi connectivity index (χ3v) is 4.60. The minimum atomic E-state index is -0.0926. The highest BCUT2D eigenvalue weighted by Crippen LogP contribution is 2.36. The number of fused-ring (bicyclic) bond motifs is 1. The third-order valence-electron chi connectivity index (χ3n) is 4.60. The summed E-state index contributed by atoms with van der Waals surface area (Å²) in [7, 11) is 0. The molecule has 3 heteroatoms. The Hall–Kier alpha value is -1.74. The molecule has 1 saturated carbocycles. The van der Waals surface area contributed by atoms with Crippen molar-refractivity contribution in [3.8, 4) is 0 Å². The van der Waals surface area contributed by atoms with E-state index in [2.05, 4.69) is 22.4 Å². The van der Waals surface area contributed by atoms with E-state index in [1.54, 1.807) is 6.07 Å². The molecule has 1 atom stereocenters. The fraction of sp³-hybridized carbons (Fsp3) is 0.389. The highest BCUT2D eigenvalue weighted by molar-refractivity contribution is 5.39. The molecule has 0 radical (unpaired) electrons. The molecular formula is C18H19FN2. The van der Waals surface area contributed by atoms with Crippen molar-refractivity contribution < 1.29 is 4.39 Å². The Kier molecular flexibility index (Phi) is 3.23. The van der Waals surface area contributed by atoms with Crippen LogP contribution < -0.4 is 5.32 Å². The zero-order valence-corrected chi connectivity index (χ0v) is 12.0. The lowest BCUT2D eigenvalue weighted by molar-refractivity contribution is 0.583. The maximum Gasteiger partial charge on any atom is 0.127 e. The fourth-order valence-corrected chi connectivity index (χ4v) is 3.20. The van der Waals surface area contributed by atoms with Crippen LogP contribution in [0.1, 0.15) is 47.6 Å². The van der Waals surface area contributed by atoms with Gasteiger partial charge in [-0.05, 0) is 48.9 Å². The molecule has 1 heterocycles. The van der Waals surface area contributed by atoms with Gasteiger partial charge in [-0.3, -0.25) is 4.98 Å². The molecule has 4 rings (SSSR count). The van der Waals surface area contributed by atoms with Crippen LogP contribution in [0, 0.1) is 5.82 Å². The molecule has 0 aliphatic heterocycles. The van der Waals surface area contributed by atoms with Gasteiger partial charge in [-0.2, -0.15) is 0 Å². The first-order chi connectivity index (χ1) is 10.3. The molecule has 2 aliphatic carbocycles. The Morgan fingerprint density at radius 3 is 2.90 bits per heavy atom. The molecule has 2 aromatic rings. The zero-order chi connectivity index (χ0) is 14.2. The van der Waals surface area contributed by atoms with E-state index in [9.17, 15) is 4.39 Å². The van der Waals surface area contributed by atoms with Crippen molar-refractivity contribution in [1.29, 1.82) is 0 Å². The lowest BCUT2D eigenvalue weighted by Gasteiger charge is -2.13. The predicted molar refractivity (Wildman–Crippen MR) is 80.7 cm³/mol. The number of benzene rings is 1. The maximum absolute atomic E-state index is 14.3. The Labute approximate surface area is 124 Å². The number of nitrogens with zero attached hydrogens (tertiary/aromatic N) is 1. The highest BCUT2D eigenvalue weighted by atomic mass is 19.1. The van der Waals surface area contributed by atoms with Crippen LogP contribution in [-0.4, -0.2) is 11.0 Å². The molecule has 0 bridgehead atoms. The van der Waals surface area contributed by atoms with E-state index in [1.165, 1.54) is 18.4 Å². The van der Waals surface area contributed by atoms with Gasteiger partial charge in [0, 0.05) is 30.3 Å². The van der Waals surface area contributed by atoms with E-state index in [0.29, 0.717) is 12.6 Å². The summed E-state index contributed by atoms with van der Waals surface area (Å²) >= 11 is 0.